The Bertz CT molecular complexity index is 705. The van der Waals surface area contributed by atoms with Crippen LogP contribution in [-0.4, -0.2) is 62.6 Å². The number of carbonyl (C=O) groups is 4. The number of esters is 2. The zero-order valence-electron chi connectivity index (χ0n) is 21.4. The number of nitrogens with one attached hydrogen (secondary N) is 2. The lowest BCUT2D eigenvalue weighted by atomic mass is 9.93. The van der Waals surface area contributed by atoms with E-state index in [-0.39, 0.29) is 36.2 Å². The largest absolute Gasteiger partial charge is 0.458 e. The normalized spacial score (nSPS) is 19.2. The Kier molecular flexibility index (Phi) is 13.5. The van der Waals surface area contributed by atoms with Crippen molar-refractivity contribution in [3.05, 3.63) is 24.3 Å². The molecule has 198 valence electrons. The van der Waals surface area contributed by atoms with E-state index in [1.165, 1.54) is 0 Å². The molecule has 0 aromatic carbocycles. The molecule has 1 rings (SSSR count). The van der Waals surface area contributed by atoms with E-state index in [9.17, 15) is 19.2 Å². The van der Waals surface area contributed by atoms with Gasteiger partial charge in [0.15, 0.2) is 0 Å². The van der Waals surface area contributed by atoms with E-state index in [1.807, 2.05) is 0 Å². The number of rotatable bonds is 12. The number of hydrogen-bond acceptors (Lipinski definition) is 8. The van der Waals surface area contributed by atoms with Gasteiger partial charge in [-0.1, -0.05) is 26.0 Å². The van der Waals surface area contributed by atoms with E-state index in [4.69, 9.17) is 18.9 Å². The maximum Gasteiger partial charge on any atom is 0.407 e. The van der Waals surface area contributed by atoms with Gasteiger partial charge in [-0.25, -0.2) is 19.2 Å². The van der Waals surface area contributed by atoms with Crippen molar-refractivity contribution < 1.29 is 38.1 Å². The summed E-state index contributed by atoms with van der Waals surface area (Å²) < 4.78 is 20.4. The topological polar surface area (TPSA) is 129 Å². The number of alkyl carbamates (subject to hydrolysis) is 2. The van der Waals surface area contributed by atoms with Crippen molar-refractivity contribution in [1.82, 2.24) is 10.6 Å². The summed E-state index contributed by atoms with van der Waals surface area (Å²) in [5.74, 6) is -0.540. The molecule has 2 N–H and O–H groups in total. The number of carbonyl (C=O) groups excluding carboxylic acids is 4. The van der Waals surface area contributed by atoms with Gasteiger partial charge >= 0.3 is 24.1 Å². The van der Waals surface area contributed by atoms with Crippen molar-refractivity contribution in [2.75, 3.05) is 26.3 Å². The van der Waals surface area contributed by atoms with Gasteiger partial charge in [-0.2, -0.15) is 0 Å². The predicted octanol–water partition coefficient (Wildman–Crippen LogP) is 3.65. The molecule has 0 spiro atoms. The molecule has 0 radical (unpaired) electrons. The van der Waals surface area contributed by atoms with Crippen LogP contribution in [-0.2, 0) is 28.5 Å². The van der Waals surface area contributed by atoms with Crippen LogP contribution in [0.3, 0.4) is 0 Å². The van der Waals surface area contributed by atoms with Gasteiger partial charge in [0, 0.05) is 24.2 Å². The van der Waals surface area contributed by atoms with Crippen molar-refractivity contribution in [2.24, 2.45) is 11.8 Å². The number of ether oxygens (including phenoxy) is 4. The van der Waals surface area contributed by atoms with E-state index in [1.54, 1.807) is 27.7 Å². The van der Waals surface area contributed by atoms with Gasteiger partial charge in [0.25, 0.3) is 0 Å². The number of hydrogen-bond donors (Lipinski definition) is 2. The summed E-state index contributed by atoms with van der Waals surface area (Å²) in [5.41, 5.74) is 0.567. The fourth-order valence-electron chi connectivity index (χ4n) is 3.55. The first-order chi connectivity index (χ1) is 16.5. The fraction of sp³-hybridized carbons (Fsp3) is 0.680. The van der Waals surface area contributed by atoms with Crippen LogP contribution in [0.15, 0.2) is 24.3 Å². The second kappa shape index (κ2) is 15.8. The molecule has 0 bridgehead atoms. The van der Waals surface area contributed by atoms with Crippen molar-refractivity contribution in [3.8, 4) is 0 Å². The first-order valence-corrected chi connectivity index (χ1v) is 12.0. The summed E-state index contributed by atoms with van der Waals surface area (Å²) in [6.07, 6.45) is 2.58. The van der Waals surface area contributed by atoms with Gasteiger partial charge in [-0.3, -0.25) is 0 Å². The van der Waals surface area contributed by atoms with Gasteiger partial charge in [-0.05, 0) is 58.8 Å². The summed E-state index contributed by atoms with van der Waals surface area (Å²) in [4.78, 5) is 47.0. The van der Waals surface area contributed by atoms with Gasteiger partial charge in [-0.15, -0.1) is 0 Å². The van der Waals surface area contributed by atoms with E-state index in [0.29, 0.717) is 13.1 Å². The first kappa shape index (κ1) is 30.0. The van der Waals surface area contributed by atoms with Crippen molar-refractivity contribution >= 4 is 24.1 Å². The molecule has 1 saturated carbocycles. The van der Waals surface area contributed by atoms with Crippen LogP contribution in [0.25, 0.3) is 0 Å². The Morgan fingerprint density at radius 1 is 0.771 bits per heavy atom. The summed E-state index contributed by atoms with van der Waals surface area (Å²) in [6.45, 7) is 14.2. The summed E-state index contributed by atoms with van der Waals surface area (Å²) in [6, 6.07) is 0. The third-order valence-corrected chi connectivity index (χ3v) is 5.42. The molecule has 35 heavy (non-hydrogen) atoms. The van der Waals surface area contributed by atoms with Crippen LogP contribution in [0, 0.1) is 11.8 Å². The highest BCUT2D eigenvalue weighted by Gasteiger charge is 2.23. The van der Waals surface area contributed by atoms with Crippen LogP contribution in [0.4, 0.5) is 9.59 Å². The minimum absolute atomic E-state index is 0.0403. The molecule has 0 saturated heterocycles. The Labute approximate surface area is 207 Å². The third kappa shape index (κ3) is 13.4. The average Bonchev–Trinajstić information content (AvgIpc) is 3.03. The monoisotopic (exact) mass is 496 g/mol. The molecule has 0 aliphatic heterocycles. The van der Waals surface area contributed by atoms with Crippen molar-refractivity contribution in [2.45, 2.75) is 72.0 Å². The molecule has 4 unspecified atom stereocenters. The van der Waals surface area contributed by atoms with Gasteiger partial charge in [0.05, 0.1) is 0 Å². The second-order valence-corrected chi connectivity index (χ2v) is 9.20. The van der Waals surface area contributed by atoms with Crippen LogP contribution in [0.1, 0.15) is 59.8 Å². The summed E-state index contributed by atoms with van der Waals surface area (Å²) in [7, 11) is 0. The van der Waals surface area contributed by atoms with E-state index in [0.717, 1.165) is 32.1 Å². The standard InChI is InChI=1S/C25H40N2O8/c1-16(2)22(28)32-14-18(5)34-24(30)26-12-20-9-7-8-10-21(11-20)13-27-25(31)35-19(6)15-33-23(29)17(3)4/h18-21H,1,3,7-15H2,2,4-6H3,(H,26,30)(H,27,31). The molecule has 0 heterocycles. The fourth-order valence-corrected chi connectivity index (χ4v) is 3.55. The second-order valence-electron chi connectivity index (χ2n) is 9.20. The molecule has 10 heteroatoms. The highest BCUT2D eigenvalue weighted by Crippen LogP contribution is 2.27. The third-order valence-electron chi connectivity index (χ3n) is 5.42. The van der Waals surface area contributed by atoms with Crippen LogP contribution in [0.2, 0.25) is 0 Å². The van der Waals surface area contributed by atoms with E-state index < -0.39 is 36.3 Å². The number of amides is 2. The molecule has 1 aliphatic carbocycles. The lowest BCUT2D eigenvalue weighted by Crippen LogP contribution is -2.36. The smallest absolute Gasteiger partial charge is 0.407 e. The quantitative estimate of drug-likeness (QED) is 0.181. The highest BCUT2D eigenvalue weighted by molar-refractivity contribution is 5.87. The molecule has 1 aliphatic rings. The summed E-state index contributed by atoms with van der Waals surface area (Å²) in [5, 5.41) is 5.57. The zero-order valence-corrected chi connectivity index (χ0v) is 21.4. The average molecular weight is 497 g/mol. The van der Waals surface area contributed by atoms with Crippen molar-refractivity contribution in [3.63, 3.8) is 0 Å². The van der Waals surface area contributed by atoms with Gasteiger partial charge in [0.1, 0.15) is 25.4 Å². The van der Waals surface area contributed by atoms with E-state index in [2.05, 4.69) is 23.8 Å². The molecule has 4 atom stereocenters. The molecular weight excluding hydrogens is 456 g/mol. The van der Waals surface area contributed by atoms with Crippen LogP contribution >= 0.6 is 0 Å². The van der Waals surface area contributed by atoms with Crippen molar-refractivity contribution in [1.29, 1.82) is 0 Å². The minimum Gasteiger partial charge on any atom is -0.458 e. The maximum atomic E-state index is 12.1. The maximum absolute atomic E-state index is 12.1. The lowest BCUT2D eigenvalue weighted by molar-refractivity contribution is -0.142. The van der Waals surface area contributed by atoms with Gasteiger partial charge in [0.2, 0.25) is 0 Å². The molecule has 0 aromatic heterocycles. The molecule has 0 aromatic rings. The molecule has 1 fully saturated rings. The first-order valence-electron chi connectivity index (χ1n) is 12.0. The summed E-state index contributed by atoms with van der Waals surface area (Å²) >= 11 is 0. The zero-order chi connectivity index (χ0) is 26.4. The minimum atomic E-state index is -0.581. The molecular formula is C25H40N2O8. The Morgan fingerprint density at radius 2 is 1.14 bits per heavy atom. The molecule has 2 amide bonds. The van der Waals surface area contributed by atoms with Gasteiger partial charge < -0.3 is 29.6 Å². The Morgan fingerprint density at radius 3 is 1.49 bits per heavy atom. The SMILES string of the molecule is C=C(C)C(=O)OCC(C)OC(=O)NCC1CCCCC(CNC(=O)OC(C)COC(=O)C(=C)C)C1. The van der Waals surface area contributed by atoms with Crippen LogP contribution in [0.5, 0.6) is 0 Å². The Balaban J connectivity index is 2.33. The van der Waals surface area contributed by atoms with E-state index >= 15 is 0 Å². The lowest BCUT2D eigenvalue weighted by Gasteiger charge is -2.22. The predicted molar refractivity (Wildman–Crippen MR) is 130 cm³/mol. The Hall–Kier alpha value is -3.04. The van der Waals surface area contributed by atoms with Crippen LogP contribution < -0.4 is 10.6 Å². The molecule has 10 nitrogen and oxygen atoms in total. The highest BCUT2D eigenvalue weighted by atomic mass is 16.6.